The summed E-state index contributed by atoms with van der Waals surface area (Å²) in [7, 11) is 1.72. The van der Waals surface area contributed by atoms with Gasteiger partial charge >= 0.3 is 0 Å². The van der Waals surface area contributed by atoms with Gasteiger partial charge < -0.3 is 10.5 Å². The SMILES string of the molecule is CCC(CC)N(CCN)Cc1ncc(C)c(OC)c1C. The van der Waals surface area contributed by atoms with Crippen LogP contribution >= 0.6 is 0 Å². The first-order valence-electron chi connectivity index (χ1n) is 7.52. The number of pyridine rings is 1. The molecule has 0 bridgehead atoms. The lowest BCUT2D eigenvalue weighted by Crippen LogP contribution is -2.38. The van der Waals surface area contributed by atoms with Gasteiger partial charge in [-0.1, -0.05) is 13.8 Å². The molecule has 0 amide bonds. The van der Waals surface area contributed by atoms with Gasteiger partial charge in [0.15, 0.2) is 0 Å². The average Bonchev–Trinajstić information content (AvgIpc) is 2.44. The highest BCUT2D eigenvalue weighted by molar-refractivity contribution is 5.41. The van der Waals surface area contributed by atoms with E-state index in [9.17, 15) is 0 Å². The van der Waals surface area contributed by atoms with Crippen LogP contribution in [0.3, 0.4) is 0 Å². The quantitative estimate of drug-likeness (QED) is 0.795. The summed E-state index contributed by atoms with van der Waals surface area (Å²) in [6, 6.07) is 0.562. The van der Waals surface area contributed by atoms with E-state index in [2.05, 4.69) is 30.7 Å². The van der Waals surface area contributed by atoms with Crippen molar-refractivity contribution in [2.75, 3.05) is 20.2 Å². The molecule has 0 aliphatic rings. The van der Waals surface area contributed by atoms with Crippen LogP contribution in [0.4, 0.5) is 0 Å². The zero-order chi connectivity index (χ0) is 15.1. The predicted octanol–water partition coefficient (Wildman–Crippen LogP) is 2.66. The highest BCUT2D eigenvalue weighted by Crippen LogP contribution is 2.25. The van der Waals surface area contributed by atoms with Gasteiger partial charge in [-0.2, -0.15) is 0 Å². The first-order valence-corrected chi connectivity index (χ1v) is 7.52. The van der Waals surface area contributed by atoms with Crippen molar-refractivity contribution in [2.24, 2.45) is 5.73 Å². The summed E-state index contributed by atoms with van der Waals surface area (Å²) in [5.74, 6) is 0.951. The van der Waals surface area contributed by atoms with Crippen molar-refractivity contribution in [3.05, 3.63) is 23.0 Å². The second kappa shape index (κ2) is 8.22. The van der Waals surface area contributed by atoms with Gasteiger partial charge in [-0.15, -0.1) is 0 Å². The number of aryl methyl sites for hydroxylation is 1. The second-order valence-corrected chi connectivity index (χ2v) is 5.28. The summed E-state index contributed by atoms with van der Waals surface area (Å²) in [5, 5.41) is 0. The van der Waals surface area contributed by atoms with Crippen LogP contribution in [0.25, 0.3) is 0 Å². The van der Waals surface area contributed by atoms with E-state index in [-0.39, 0.29) is 0 Å². The van der Waals surface area contributed by atoms with Gasteiger partial charge in [0.25, 0.3) is 0 Å². The van der Waals surface area contributed by atoms with Crippen molar-refractivity contribution in [3.8, 4) is 5.75 Å². The first-order chi connectivity index (χ1) is 9.58. The van der Waals surface area contributed by atoms with Gasteiger partial charge in [-0.05, 0) is 26.7 Å². The van der Waals surface area contributed by atoms with E-state index < -0.39 is 0 Å². The average molecular weight is 279 g/mol. The van der Waals surface area contributed by atoms with Gasteiger partial charge in [0, 0.05) is 43.0 Å². The molecule has 1 rings (SSSR count). The lowest BCUT2D eigenvalue weighted by atomic mass is 10.1. The first kappa shape index (κ1) is 16.9. The van der Waals surface area contributed by atoms with Gasteiger partial charge in [0.1, 0.15) is 5.75 Å². The van der Waals surface area contributed by atoms with Crippen LogP contribution in [0.5, 0.6) is 5.75 Å². The Morgan fingerprint density at radius 1 is 1.30 bits per heavy atom. The molecule has 114 valence electrons. The van der Waals surface area contributed by atoms with Crippen molar-refractivity contribution < 1.29 is 4.74 Å². The van der Waals surface area contributed by atoms with Crippen molar-refractivity contribution >= 4 is 0 Å². The standard InChI is InChI=1S/C16H29N3O/c1-6-14(7-2)19(9-8-17)11-15-13(4)16(20-5)12(3)10-18-15/h10,14H,6-9,11,17H2,1-5H3. The molecule has 0 saturated heterocycles. The van der Waals surface area contributed by atoms with E-state index in [1.165, 1.54) is 0 Å². The Kier molecular flexibility index (Phi) is 6.96. The van der Waals surface area contributed by atoms with Crippen LogP contribution in [0, 0.1) is 13.8 Å². The van der Waals surface area contributed by atoms with Crippen molar-refractivity contribution in [1.29, 1.82) is 0 Å². The third-order valence-corrected chi connectivity index (χ3v) is 3.98. The molecule has 0 saturated carbocycles. The highest BCUT2D eigenvalue weighted by Gasteiger charge is 2.18. The summed E-state index contributed by atoms with van der Waals surface area (Å²) >= 11 is 0. The fraction of sp³-hybridized carbons (Fsp3) is 0.688. The number of aromatic nitrogens is 1. The van der Waals surface area contributed by atoms with Crippen LogP contribution in [0.2, 0.25) is 0 Å². The zero-order valence-electron chi connectivity index (χ0n) is 13.6. The number of hydrogen-bond acceptors (Lipinski definition) is 4. The number of methoxy groups -OCH3 is 1. The Morgan fingerprint density at radius 3 is 2.45 bits per heavy atom. The number of nitrogens with zero attached hydrogens (tertiary/aromatic N) is 2. The minimum Gasteiger partial charge on any atom is -0.496 e. The fourth-order valence-corrected chi connectivity index (χ4v) is 2.78. The summed E-state index contributed by atoms with van der Waals surface area (Å²) in [6.45, 7) is 11.0. The molecule has 1 heterocycles. The van der Waals surface area contributed by atoms with Crippen molar-refractivity contribution in [3.63, 3.8) is 0 Å². The van der Waals surface area contributed by atoms with Crippen molar-refractivity contribution in [1.82, 2.24) is 9.88 Å². The van der Waals surface area contributed by atoms with E-state index in [1.807, 2.05) is 13.1 Å². The lowest BCUT2D eigenvalue weighted by molar-refractivity contribution is 0.179. The van der Waals surface area contributed by atoms with Crippen LogP contribution in [-0.4, -0.2) is 36.1 Å². The van der Waals surface area contributed by atoms with Gasteiger partial charge in [0.2, 0.25) is 0 Å². The van der Waals surface area contributed by atoms with Crippen molar-refractivity contribution in [2.45, 2.75) is 53.1 Å². The molecule has 0 fully saturated rings. The van der Waals surface area contributed by atoms with Crippen LogP contribution < -0.4 is 10.5 Å². The molecule has 20 heavy (non-hydrogen) atoms. The highest BCUT2D eigenvalue weighted by atomic mass is 16.5. The van der Waals surface area contributed by atoms with E-state index in [4.69, 9.17) is 10.5 Å². The minimum atomic E-state index is 0.562. The molecule has 0 spiro atoms. The molecule has 2 N–H and O–H groups in total. The number of hydrogen-bond donors (Lipinski definition) is 1. The molecule has 0 atom stereocenters. The molecule has 4 nitrogen and oxygen atoms in total. The van der Waals surface area contributed by atoms with Gasteiger partial charge in [-0.25, -0.2) is 0 Å². The molecule has 0 aliphatic heterocycles. The van der Waals surface area contributed by atoms with E-state index in [1.54, 1.807) is 7.11 Å². The summed E-state index contributed by atoms with van der Waals surface area (Å²) in [5.41, 5.74) is 9.08. The van der Waals surface area contributed by atoms with E-state index >= 15 is 0 Å². The van der Waals surface area contributed by atoms with E-state index in [0.717, 1.165) is 48.5 Å². The molecule has 0 radical (unpaired) electrons. The molecule has 4 heteroatoms. The maximum Gasteiger partial charge on any atom is 0.128 e. The fourth-order valence-electron chi connectivity index (χ4n) is 2.78. The Bertz CT molecular complexity index is 416. The molecule has 0 aliphatic carbocycles. The topological polar surface area (TPSA) is 51.4 Å². The third kappa shape index (κ3) is 3.93. The van der Waals surface area contributed by atoms with Crippen LogP contribution in [0.1, 0.15) is 43.5 Å². The number of nitrogens with two attached hydrogens (primary N) is 1. The largest absolute Gasteiger partial charge is 0.496 e. The van der Waals surface area contributed by atoms with E-state index in [0.29, 0.717) is 12.6 Å². The number of rotatable bonds is 8. The third-order valence-electron chi connectivity index (χ3n) is 3.98. The maximum absolute atomic E-state index is 5.76. The molecular formula is C16H29N3O. The molecule has 0 aromatic carbocycles. The smallest absolute Gasteiger partial charge is 0.128 e. The van der Waals surface area contributed by atoms with Crippen LogP contribution in [0.15, 0.2) is 6.20 Å². The maximum atomic E-state index is 5.76. The zero-order valence-corrected chi connectivity index (χ0v) is 13.6. The van der Waals surface area contributed by atoms with Crippen LogP contribution in [-0.2, 0) is 6.54 Å². The normalized spacial score (nSPS) is 11.4. The predicted molar refractivity (Wildman–Crippen MR) is 84.1 cm³/mol. The summed E-state index contributed by atoms with van der Waals surface area (Å²) in [6.07, 6.45) is 4.17. The Hall–Kier alpha value is -1.13. The monoisotopic (exact) mass is 279 g/mol. The molecule has 1 aromatic rings. The van der Waals surface area contributed by atoms with Gasteiger partial charge in [0.05, 0.1) is 12.8 Å². The molecule has 0 unspecified atom stereocenters. The molecule has 1 aromatic heterocycles. The molecular weight excluding hydrogens is 250 g/mol. The Morgan fingerprint density at radius 2 is 1.95 bits per heavy atom. The Balaban J connectivity index is 2.99. The lowest BCUT2D eigenvalue weighted by Gasteiger charge is -2.30. The summed E-state index contributed by atoms with van der Waals surface area (Å²) < 4.78 is 5.49. The number of ether oxygens (including phenoxy) is 1. The van der Waals surface area contributed by atoms with Gasteiger partial charge in [-0.3, -0.25) is 9.88 Å². The summed E-state index contributed by atoms with van der Waals surface area (Å²) in [4.78, 5) is 7.03. The minimum absolute atomic E-state index is 0.562. The Labute approximate surface area is 123 Å². The second-order valence-electron chi connectivity index (χ2n) is 5.28.